The number of aryl methyl sites for hydroxylation is 1. The first-order chi connectivity index (χ1) is 8.15. The molecule has 4 nitrogen and oxygen atoms in total. The highest BCUT2D eigenvalue weighted by Gasteiger charge is 2.12. The van der Waals surface area contributed by atoms with Crippen LogP contribution in [0.1, 0.15) is 31.4 Å². The molecule has 1 N–H and O–H groups in total. The number of furan rings is 1. The van der Waals surface area contributed by atoms with Gasteiger partial charge in [-0.2, -0.15) is 0 Å². The minimum absolute atomic E-state index is 0.224. The third-order valence-corrected chi connectivity index (χ3v) is 2.77. The Morgan fingerprint density at radius 2 is 2.24 bits per heavy atom. The number of nitrogens with one attached hydrogen (secondary N) is 1. The zero-order valence-electron chi connectivity index (χ0n) is 10.6. The molecule has 0 bridgehead atoms. The van der Waals surface area contributed by atoms with Crippen LogP contribution in [0.5, 0.6) is 0 Å². The second-order valence-corrected chi connectivity index (χ2v) is 4.50. The second kappa shape index (κ2) is 5.19. The fourth-order valence-corrected chi connectivity index (χ4v) is 1.96. The van der Waals surface area contributed by atoms with Crippen molar-refractivity contribution in [1.82, 2.24) is 14.9 Å². The number of nitrogens with zero attached hydrogens (tertiary/aromatic N) is 2. The molecule has 2 aromatic heterocycles. The number of hydrogen-bond acceptors (Lipinski definition) is 3. The molecule has 17 heavy (non-hydrogen) atoms. The SMILES string of the molecule is Cc1ccc(C(C)NC(C)Cn2ccnc2)o1. The van der Waals surface area contributed by atoms with E-state index >= 15 is 0 Å². The highest BCUT2D eigenvalue weighted by Crippen LogP contribution is 2.16. The molecule has 0 saturated heterocycles. The number of aromatic nitrogens is 2. The molecule has 2 atom stereocenters. The maximum Gasteiger partial charge on any atom is 0.120 e. The first-order valence-electron chi connectivity index (χ1n) is 5.93. The predicted octanol–water partition coefficient (Wildman–Crippen LogP) is 2.52. The molecule has 0 fully saturated rings. The Morgan fingerprint density at radius 1 is 1.41 bits per heavy atom. The van der Waals surface area contributed by atoms with Crippen LogP contribution in [0, 0.1) is 6.92 Å². The van der Waals surface area contributed by atoms with E-state index in [9.17, 15) is 0 Å². The van der Waals surface area contributed by atoms with E-state index in [-0.39, 0.29) is 6.04 Å². The van der Waals surface area contributed by atoms with Crippen LogP contribution in [0.25, 0.3) is 0 Å². The summed E-state index contributed by atoms with van der Waals surface area (Å²) in [5.41, 5.74) is 0. The summed E-state index contributed by atoms with van der Waals surface area (Å²) in [6, 6.07) is 4.61. The lowest BCUT2D eigenvalue weighted by molar-refractivity contribution is 0.370. The fourth-order valence-electron chi connectivity index (χ4n) is 1.96. The predicted molar refractivity (Wildman–Crippen MR) is 66.7 cm³/mol. The highest BCUT2D eigenvalue weighted by molar-refractivity contribution is 5.09. The summed E-state index contributed by atoms with van der Waals surface area (Å²) in [7, 11) is 0. The topological polar surface area (TPSA) is 43.0 Å². The van der Waals surface area contributed by atoms with Crippen molar-refractivity contribution in [1.29, 1.82) is 0 Å². The van der Waals surface area contributed by atoms with Crippen molar-refractivity contribution in [2.75, 3.05) is 0 Å². The van der Waals surface area contributed by atoms with Gasteiger partial charge in [-0.1, -0.05) is 0 Å². The average molecular weight is 233 g/mol. The molecule has 0 radical (unpaired) electrons. The molecule has 0 spiro atoms. The summed E-state index contributed by atoms with van der Waals surface area (Å²) in [4.78, 5) is 4.03. The monoisotopic (exact) mass is 233 g/mol. The number of imidazole rings is 1. The first-order valence-corrected chi connectivity index (χ1v) is 5.93. The van der Waals surface area contributed by atoms with Crippen molar-refractivity contribution >= 4 is 0 Å². The van der Waals surface area contributed by atoms with E-state index < -0.39 is 0 Å². The Hall–Kier alpha value is -1.55. The van der Waals surface area contributed by atoms with Gasteiger partial charge in [0, 0.05) is 25.0 Å². The van der Waals surface area contributed by atoms with E-state index in [1.54, 1.807) is 6.20 Å². The van der Waals surface area contributed by atoms with E-state index in [0.717, 1.165) is 18.1 Å². The molecule has 4 heteroatoms. The molecule has 0 aliphatic rings. The summed E-state index contributed by atoms with van der Waals surface area (Å²) < 4.78 is 7.67. The molecule has 0 aromatic carbocycles. The maximum atomic E-state index is 5.60. The van der Waals surface area contributed by atoms with Gasteiger partial charge in [-0.3, -0.25) is 0 Å². The third-order valence-electron chi connectivity index (χ3n) is 2.77. The standard InChI is InChI=1S/C13H19N3O/c1-10(8-16-7-6-14-9-16)15-12(3)13-5-4-11(2)17-13/h4-7,9-10,12,15H,8H2,1-3H3. The minimum atomic E-state index is 0.224. The van der Waals surface area contributed by atoms with Gasteiger partial charge >= 0.3 is 0 Å². The summed E-state index contributed by atoms with van der Waals surface area (Å²) in [5, 5.41) is 3.51. The van der Waals surface area contributed by atoms with E-state index in [2.05, 4.69) is 28.7 Å². The molecule has 0 saturated carbocycles. The minimum Gasteiger partial charge on any atom is -0.465 e. The number of hydrogen-bond donors (Lipinski definition) is 1. The average Bonchev–Trinajstić information content (AvgIpc) is 2.89. The van der Waals surface area contributed by atoms with Gasteiger partial charge in [-0.25, -0.2) is 4.98 Å². The van der Waals surface area contributed by atoms with Crippen LogP contribution in [0.2, 0.25) is 0 Å². The molecular weight excluding hydrogens is 214 g/mol. The van der Waals surface area contributed by atoms with Gasteiger partial charge < -0.3 is 14.3 Å². The van der Waals surface area contributed by atoms with Crippen molar-refractivity contribution in [3.8, 4) is 0 Å². The van der Waals surface area contributed by atoms with Gasteiger partial charge in [0.1, 0.15) is 11.5 Å². The van der Waals surface area contributed by atoms with Crippen LogP contribution < -0.4 is 5.32 Å². The highest BCUT2D eigenvalue weighted by atomic mass is 16.3. The maximum absolute atomic E-state index is 5.60. The molecule has 2 aromatic rings. The lowest BCUT2D eigenvalue weighted by Gasteiger charge is -2.18. The van der Waals surface area contributed by atoms with Gasteiger partial charge in [0.15, 0.2) is 0 Å². The summed E-state index contributed by atoms with van der Waals surface area (Å²) in [6.07, 6.45) is 5.60. The van der Waals surface area contributed by atoms with Gasteiger partial charge in [-0.15, -0.1) is 0 Å². The van der Waals surface area contributed by atoms with Gasteiger partial charge in [-0.05, 0) is 32.9 Å². The zero-order valence-corrected chi connectivity index (χ0v) is 10.6. The van der Waals surface area contributed by atoms with Crippen LogP contribution >= 0.6 is 0 Å². The molecule has 2 rings (SSSR count). The molecule has 92 valence electrons. The smallest absolute Gasteiger partial charge is 0.120 e. The second-order valence-electron chi connectivity index (χ2n) is 4.50. The van der Waals surface area contributed by atoms with Crippen LogP contribution in [0.3, 0.4) is 0 Å². The van der Waals surface area contributed by atoms with Crippen molar-refractivity contribution in [2.24, 2.45) is 0 Å². The largest absolute Gasteiger partial charge is 0.465 e. The van der Waals surface area contributed by atoms with Crippen LogP contribution in [0.15, 0.2) is 35.3 Å². The Bertz CT molecular complexity index is 447. The molecule has 2 unspecified atom stereocenters. The molecule has 0 aliphatic heterocycles. The normalized spacial score (nSPS) is 14.8. The Labute approximate surface area is 102 Å². The van der Waals surface area contributed by atoms with Gasteiger partial charge in [0.05, 0.1) is 12.4 Å². The first kappa shape index (κ1) is 11.9. The van der Waals surface area contributed by atoms with E-state index in [0.29, 0.717) is 6.04 Å². The fraction of sp³-hybridized carbons (Fsp3) is 0.462. The summed E-state index contributed by atoms with van der Waals surface area (Å²) >= 11 is 0. The molecule has 2 heterocycles. The lowest BCUT2D eigenvalue weighted by Crippen LogP contribution is -2.32. The van der Waals surface area contributed by atoms with Crippen LogP contribution in [-0.4, -0.2) is 15.6 Å². The Balaban J connectivity index is 1.88. The zero-order chi connectivity index (χ0) is 12.3. The lowest BCUT2D eigenvalue weighted by atomic mass is 10.2. The van der Waals surface area contributed by atoms with Crippen molar-refractivity contribution in [2.45, 2.75) is 39.4 Å². The third kappa shape index (κ3) is 3.20. The van der Waals surface area contributed by atoms with Crippen LogP contribution in [-0.2, 0) is 6.54 Å². The quantitative estimate of drug-likeness (QED) is 0.863. The molecule has 0 aliphatic carbocycles. The van der Waals surface area contributed by atoms with E-state index in [1.807, 2.05) is 31.6 Å². The van der Waals surface area contributed by atoms with Crippen LogP contribution in [0.4, 0.5) is 0 Å². The van der Waals surface area contributed by atoms with Gasteiger partial charge in [0.25, 0.3) is 0 Å². The van der Waals surface area contributed by atoms with Crippen molar-refractivity contribution in [3.63, 3.8) is 0 Å². The number of rotatable bonds is 5. The Kier molecular flexibility index (Phi) is 3.64. The molecular formula is C13H19N3O. The van der Waals surface area contributed by atoms with E-state index in [4.69, 9.17) is 4.42 Å². The summed E-state index contributed by atoms with van der Waals surface area (Å²) in [5.74, 6) is 1.94. The van der Waals surface area contributed by atoms with E-state index in [1.165, 1.54) is 0 Å². The Morgan fingerprint density at radius 3 is 2.82 bits per heavy atom. The van der Waals surface area contributed by atoms with Gasteiger partial charge in [0.2, 0.25) is 0 Å². The summed E-state index contributed by atoms with van der Waals surface area (Å²) in [6.45, 7) is 7.14. The molecule has 0 amide bonds. The van der Waals surface area contributed by atoms with Crippen molar-refractivity contribution in [3.05, 3.63) is 42.4 Å². The van der Waals surface area contributed by atoms with Crippen molar-refractivity contribution < 1.29 is 4.42 Å².